The third kappa shape index (κ3) is 6.67. The molecule has 71 valence electrons. The first-order valence-corrected chi connectivity index (χ1v) is 12.0. The van der Waals surface area contributed by atoms with E-state index in [2.05, 4.69) is 40.0 Å². The van der Waals surface area contributed by atoms with Crippen LogP contribution in [-0.4, -0.2) is 16.9 Å². The van der Waals surface area contributed by atoms with Gasteiger partial charge in [-0.25, -0.2) is 0 Å². The van der Waals surface area contributed by atoms with Gasteiger partial charge in [-0.15, -0.1) is 0 Å². The van der Waals surface area contributed by atoms with Crippen LogP contribution < -0.4 is 0 Å². The van der Waals surface area contributed by atoms with Gasteiger partial charge in [-0.3, -0.25) is 9.59 Å². The second-order valence-corrected chi connectivity index (χ2v) is 14.3. The topological polar surface area (TPSA) is 54.4 Å². The van der Waals surface area contributed by atoms with Gasteiger partial charge in [0.05, 0.1) is 0 Å². The van der Waals surface area contributed by atoms with Crippen molar-refractivity contribution in [2.45, 2.75) is 20.8 Å². The molecular weight excluding hydrogens is 425 g/mol. The van der Waals surface area contributed by atoms with Crippen molar-refractivity contribution in [3.05, 3.63) is 0 Å². The van der Waals surface area contributed by atoms with E-state index < -0.39 is 11.4 Å². The summed E-state index contributed by atoms with van der Waals surface area (Å²) in [4.78, 5) is 20.8. The summed E-state index contributed by atoms with van der Waals surface area (Å²) in [6, 6.07) is 0. The molecular formula is C6H10I2O3V. The normalized spacial score (nSPS) is 9.42. The van der Waals surface area contributed by atoms with Gasteiger partial charge in [0.2, 0.25) is 0 Å². The van der Waals surface area contributed by atoms with E-state index in [1.807, 2.05) is 0 Å². The Hall–Kier alpha value is 1.18. The fourth-order valence-electron chi connectivity index (χ4n) is 0.151. The third-order valence-electron chi connectivity index (χ3n) is 1.41. The first-order valence-electron chi connectivity index (χ1n) is 2.97. The number of rotatable bonds is 2. The van der Waals surface area contributed by atoms with Crippen LogP contribution in [0.1, 0.15) is 20.8 Å². The molecule has 0 atom stereocenters. The number of aliphatic carboxylic acids is 1. The molecule has 12 heavy (non-hydrogen) atoms. The summed E-state index contributed by atoms with van der Waals surface area (Å²) in [6.45, 7) is 4.05. The Morgan fingerprint density at radius 3 is 1.58 bits per heavy atom. The van der Waals surface area contributed by atoms with E-state index in [1.165, 1.54) is 20.8 Å². The van der Waals surface area contributed by atoms with Crippen LogP contribution in [0.2, 0.25) is 0 Å². The molecule has 0 saturated carbocycles. The van der Waals surface area contributed by atoms with Gasteiger partial charge in [-0.05, 0) is 20.8 Å². The van der Waals surface area contributed by atoms with Gasteiger partial charge < -0.3 is 5.11 Å². The van der Waals surface area contributed by atoms with Gasteiger partial charge >= 0.3 is 55.4 Å². The minimum atomic E-state index is -1.22. The number of halogens is 2. The molecule has 0 unspecified atom stereocenters. The molecule has 1 N–H and O–H groups in total. The second-order valence-electron chi connectivity index (χ2n) is 2.55. The average Bonchev–Trinajstić information content (AvgIpc) is 1.88. The molecule has 0 saturated heterocycles. The zero-order valence-corrected chi connectivity index (χ0v) is 12.7. The number of hydrogen-bond acceptors (Lipinski definition) is 2. The van der Waals surface area contributed by atoms with Crippen molar-refractivity contribution < 1.29 is 24.2 Å². The van der Waals surface area contributed by atoms with Gasteiger partial charge in [0.15, 0.2) is 0 Å². The first kappa shape index (κ1) is 15.6. The quantitative estimate of drug-likeness (QED) is 0.536. The van der Waals surface area contributed by atoms with E-state index in [4.69, 9.17) is 5.11 Å². The Labute approximate surface area is 101 Å². The molecule has 6 heteroatoms. The van der Waals surface area contributed by atoms with Crippen LogP contribution in [0.25, 0.3) is 0 Å². The minimum absolute atomic E-state index is 0.324. The molecule has 0 aliphatic heterocycles. The molecule has 0 fully saturated rings. The Morgan fingerprint density at radius 1 is 1.33 bits per heavy atom. The van der Waals surface area contributed by atoms with E-state index in [0.29, 0.717) is 9.47 Å². The van der Waals surface area contributed by atoms with Crippen LogP contribution in [0.5, 0.6) is 0 Å². The fourth-order valence-corrected chi connectivity index (χ4v) is 0.151. The Bertz CT molecular complexity index is 154. The van der Waals surface area contributed by atoms with Crippen molar-refractivity contribution >= 4 is 51.7 Å². The SMILES string of the molecule is CC(=O)C(C)(C)C(=O)O.[I][V][I]. The number of carbonyl (C=O) groups is 2. The maximum atomic E-state index is 10.5. The molecule has 0 heterocycles. The molecule has 0 aromatic heterocycles. The summed E-state index contributed by atoms with van der Waals surface area (Å²) in [5.41, 5.74) is -1.22. The fraction of sp³-hybridized carbons (Fsp3) is 0.667. The predicted molar refractivity (Wildman–Crippen MR) is 60.1 cm³/mol. The van der Waals surface area contributed by atoms with Gasteiger partial charge in [0.1, 0.15) is 11.2 Å². The molecule has 0 amide bonds. The van der Waals surface area contributed by atoms with Gasteiger partial charge in [0.25, 0.3) is 0 Å². The van der Waals surface area contributed by atoms with E-state index in [0.717, 1.165) is 0 Å². The zero-order chi connectivity index (χ0) is 10.4. The van der Waals surface area contributed by atoms with E-state index >= 15 is 0 Å². The zero-order valence-electron chi connectivity index (χ0n) is 6.97. The number of carboxylic acid groups (broad SMARTS) is 1. The molecule has 0 aliphatic rings. The van der Waals surface area contributed by atoms with Crippen LogP contribution in [0, 0.1) is 5.41 Å². The van der Waals surface area contributed by atoms with Crippen molar-refractivity contribution in [1.82, 2.24) is 0 Å². The Morgan fingerprint density at radius 2 is 1.58 bits per heavy atom. The van der Waals surface area contributed by atoms with Crippen molar-refractivity contribution in [2.24, 2.45) is 5.41 Å². The summed E-state index contributed by atoms with van der Waals surface area (Å²) in [5.74, 6) is -1.40. The number of ketones is 1. The molecule has 0 aliphatic carbocycles. The monoisotopic (exact) mass is 435 g/mol. The van der Waals surface area contributed by atoms with E-state index in [9.17, 15) is 9.59 Å². The molecule has 0 radical (unpaired) electrons. The number of carboxylic acids is 1. The van der Waals surface area contributed by atoms with Crippen molar-refractivity contribution in [3.63, 3.8) is 0 Å². The summed E-state index contributed by atoms with van der Waals surface area (Å²) < 4.78 is 0. The van der Waals surface area contributed by atoms with Crippen LogP contribution >= 0.6 is 40.0 Å². The first-order chi connectivity index (χ1) is 5.30. The molecule has 0 bridgehead atoms. The number of hydrogen-bond donors (Lipinski definition) is 1. The molecule has 0 aromatic rings. The Kier molecular flexibility index (Phi) is 9.88. The third-order valence-corrected chi connectivity index (χ3v) is 1.41. The number of carbonyl (C=O) groups excluding carboxylic acids is 1. The van der Waals surface area contributed by atoms with Crippen LogP contribution in [0.15, 0.2) is 0 Å². The van der Waals surface area contributed by atoms with Crippen LogP contribution in [0.4, 0.5) is 0 Å². The van der Waals surface area contributed by atoms with Gasteiger partial charge in [-0.2, -0.15) is 0 Å². The maximum absolute atomic E-state index is 10.5. The van der Waals surface area contributed by atoms with Gasteiger partial charge in [-0.1, -0.05) is 0 Å². The summed E-state index contributed by atoms with van der Waals surface area (Å²) >= 11 is 4.74. The summed E-state index contributed by atoms with van der Waals surface area (Å²) in [7, 11) is 0.628. The summed E-state index contributed by atoms with van der Waals surface area (Å²) in [6.07, 6.45) is 0. The average molecular weight is 435 g/mol. The number of Topliss-reactive ketones (excluding diaryl/α,β-unsaturated/α-hetero) is 1. The molecule has 3 nitrogen and oxygen atoms in total. The molecule has 0 aromatic carbocycles. The van der Waals surface area contributed by atoms with E-state index in [1.54, 1.807) is 0 Å². The molecule has 0 spiro atoms. The van der Waals surface area contributed by atoms with Crippen molar-refractivity contribution in [1.29, 1.82) is 0 Å². The molecule has 0 rings (SSSR count). The van der Waals surface area contributed by atoms with Crippen molar-refractivity contribution in [3.8, 4) is 0 Å². The van der Waals surface area contributed by atoms with Crippen LogP contribution in [-0.2, 0) is 19.1 Å². The summed E-state index contributed by atoms with van der Waals surface area (Å²) in [5, 5.41) is 8.39. The predicted octanol–water partition coefficient (Wildman–Crippen LogP) is 2.46. The second kappa shape index (κ2) is 7.58. The van der Waals surface area contributed by atoms with Gasteiger partial charge in [0, 0.05) is 0 Å². The van der Waals surface area contributed by atoms with E-state index in [-0.39, 0.29) is 5.78 Å². The standard InChI is InChI=1S/C6H10O3.2HI.V/c1-4(7)6(2,3)5(8)9;;;/h1-3H3,(H,8,9);2*1H;/q;;;+2/p-2. The van der Waals surface area contributed by atoms with Crippen molar-refractivity contribution in [2.75, 3.05) is 0 Å². The van der Waals surface area contributed by atoms with Crippen LogP contribution in [0.3, 0.4) is 0 Å². The Balaban J connectivity index is 0.